The first-order chi connectivity index (χ1) is 13.5. The number of aromatic nitrogens is 3. The molecule has 0 aliphatic carbocycles. The van der Waals surface area contributed by atoms with E-state index in [0.717, 1.165) is 0 Å². The number of amides is 1. The minimum Gasteiger partial charge on any atom is -0.467 e. The number of piperidine rings is 1. The molecule has 0 radical (unpaired) electrons. The van der Waals surface area contributed by atoms with Gasteiger partial charge in [-0.15, -0.1) is 4.98 Å². The van der Waals surface area contributed by atoms with Crippen LogP contribution in [0.2, 0.25) is 0 Å². The third kappa shape index (κ3) is 4.47. The Kier molecular flexibility index (Phi) is 6.23. The van der Waals surface area contributed by atoms with Crippen LogP contribution in [0.3, 0.4) is 0 Å². The van der Waals surface area contributed by atoms with Crippen molar-refractivity contribution in [1.82, 2.24) is 19.9 Å². The van der Waals surface area contributed by atoms with E-state index in [2.05, 4.69) is 15.0 Å². The highest BCUT2D eigenvalue weighted by molar-refractivity contribution is 5.78. The number of hydrogen-bond acceptors (Lipinski definition) is 7. The molecule has 28 heavy (non-hydrogen) atoms. The summed E-state index contributed by atoms with van der Waals surface area (Å²) in [4.78, 5) is 28.8. The monoisotopic (exact) mass is 389 g/mol. The summed E-state index contributed by atoms with van der Waals surface area (Å²) < 4.78 is 24.0. The highest BCUT2D eigenvalue weighted by Crippen LogP contribution is 2.25. The van der Waals surface area contributed by atoms with E-state index in [0.29, 0.717) is 37.4 Å². The first kappa shape index (κ1) is 19.8. The van der Waals surface area contributed by atoms with Gasteiger partial charge in [0.2, 0.25) is 11.9 Å². The molecule has 1 fully saturated rings. The van der Waals surface area contributed by atoms with Crippen LogP contribution in [0.5, 0.6) is 12.0 Å². The first-order valence-electron chi connectivity index (χ1n) is 9.09. The maximum Gasteiger partial charge on any atom is 0.324 e. The Morgan fingerprint density at radius 3 is 2.32 bits per heavy atom. The van der Waals surface area contributed by atoms with E-state index in [4.69, 9.17) is 9.47 Å². The normalized spacial score (nSPS) is 14.6. The van der Waals surface area contributed by atoms with Crippen LogP contribution in [0.1, 0.15) is 18.4 Å². The molecule has 3 rings (SSSR count). The van der Waals surface area contributed by atoms with E-state index in [1.807, 2.05) is 4.90 Å². The Bertz CT molecular complexity index is 805. The largest absolute Gasteiger partial charge is 0.467 e. The van der Waals surface area contributed by atoms with E-state index >= 15 is 0 Å². The molecule has 2 aromatic rings. The van der Waals surface area contributed by atoms with Crippen LogP contribution in [0.15, 0.2) is 24.3 Å². The van der Waals surface area contributed by atoms with Crippen molar-refractivity contribution >= 4 is 11.9 Å². The predicted molar refractivity (Wildman–Crippen MR) is 101 cm³/mol. The standard InChI is InChI=1S/C19H24FN5O3/c1-24(12-14-6-4-5-7-15(14)20)16(26)13-8-10-25(11-9-13)17-21-18(27-2)23-19(22-17)28-3/h4-7,13H,8-12H2,1-3H3. The molecule has 0 atom stereocenters. The zero-order valence-electron chi connectivity index (χ0n) is 16.3. The van der Waals surface area contributed by atoms with Crippen LogP contribution in [-0.4, -0.2) is 60.1 Å². The van der Waals surface area contributed by atoms with Gasteiger partial charge in [-0.1, -0.05) is 18.2 Å². The van der Waals surface area contributed by atoms with Crippen LogP contribution < -0.4 is 14.4 Å². The van der Waals surface area contributed by atoms with Crippen LogP contribution in [0.4, 0.5) is 10.3 Å². The number of rotatable bonds is 6. The number of ether oxygens (including phenoxy) is 2. The van der Waals surface area contributed by atoms with Crippen molar-refractivity contribution in [3.05, 3.63) is 35.6 Å². The van der Waals surface area contributed by atoms with E-state index in [1.165, 1.54) is 20.3 Å². The lowest BCUT2D eigenvalue weighted by Crippen LogP contribution is -2.41. The second kappa shape index (κ2) is 8.81. The molecular formula is C19H24FN5O3. The fourth-order valence-corrected chi connectivity index (χ4v) is 3.25. The molecule has 1 amide bonds. The Labute approximate surface area is 163 Å². The summed E-state index contributed by atoms with van der Waals surface area (Å²) in [6.45, 7) is 1.51. The Hall–Kier alpha value is -2.97. The number of carbonyl (C=O) groups is 1. The van der Waals surface area contributed by atoms with E-state index in [9.17, 15) is 9.18 Å². The molecule has 1 aliphatic heterocycles. The highest BCUT2D eigenvalue weighted by atomic mass is 19.1. The topological polar surface area (TPSA) is 80.7 Å². The molecule has 1 aromatic carbocycles. The van der Waals surface area contributed by atoms with Gasteiger partial charge in [-0.2, -0.15) is 9.97 Å². The Balaban J connectivity index is 1.60. The van der Waals surface area contributed by atoms with Crippen molar-refractivity contribution in [1.29, 1.82) is 0 Å². The molecule has 0 unspecified atom stereocenters. The van der Waals surface area contributed by atoms with Gasteiger partial charge in [0, 0.05) is 38.2 Å². The van der Waals surface area contributed by atoms with Gasteiger partial charge < -0.3 is 19.3 Å². The van der Waals surface area contributed by atoms with Crippen molar-refractivity contribution in [2.45, 2.75) is 19.4 Å². The molecule has 0 bridgehead atoms. The van der Waals surface area contributed by atoms with Crippen LogP contribution in [-0.2, 0) is 11.3 Å². The van der Waals surface area contributed by atoms with Gasteiger partial charge in [0.25, 0.3) is 0 Å². The predicted octanol–water partition coefficient (Wildman–Crippen LogP) is 1.90. The van der Waals surface area contributed by atoms with Gasteiger partial charge in [-0.05, 0) is 18.9 Å². The van der Waals surface area contributed by atoms with Crippen LogP contribution >= 0.6 is 0 Å². The molecule has 1 aromatic heterocycles. The summed E-state index contributed by atoms with van der Waals surface area (Å²) in [7, 11) is 4.67. The SMILES string of the molecule is COc1nc(OC)nc(N2CCC(C(=O)N(C)Cc3ccccc3F)CC2)n1. The van der Waals surface area contributed by atoms with Crippen LogP contribution in [0.25, 0.3) is 0 Å². The molecule has 2 heterocycles. The fraction of sp³-hybridized carbons (Fsp3) is 0.474. The minimum atomic E-state index is -0.297. The van der Waals surface area contributed by atoms with E-state index in [-0.39, 0.29) is 36.2 Å². The number of methoxy groups -OCH3 is 2. The molecule has 9 heteroatoms. The molecule has 150 valence electrons. The fourth-order valence-electron chi connectivity index (χ4n) is 3.25. The lowest BCUT2D eigenvalue weighted by atomic mass is 9.95. The highest BCUT2D eigenvalue weighted by Gasteiger charge is 2.29. The van der Waals surface area contributed by atoms with Crippen molar-refractivity contribution < 1.29 is 18.7 Å². The summed E-state index contributed by atoms with van der Waals surface area (Å²) in [6, 6.07) is 6.88. The van der Waals surface area contributed by atoms with Gasteiger partial charge in [-0.25, -0.2) is 4.39 Å². The zero-order valence-corrected chi connectivity index (χ0v) is 16.3. The minimum absolute atomic E-state index is 0.0220. The summed E-state index contributed by atoms with van der Waals surface area (Å²) >= 11 is 0. The van der Waals surface area contributed by atoms with E-state index in [1.54, 1.807) is 30.1 Å². The van der Waals surface area contributed by atoms with Crippen LogP contribution in [0, 0.1) is 11.7 Å². The van der Waals surface area contributed by atoms with E-state index < -0.39 is 0 Å². The Morgan fingerprint density at radius 1 is 1.14 bits per heavy atom. The molecule has 0 spiro atoms. The second-order valence-electron chi connectivity index (χ2n) is 6.66. The Morgan fingerprint density at radius 2 is 1.75 bits per heavy atom. The van der Waals surface area contributed by atoms with Gasteiger partial charge in [0.05, 0.1) is 14.2 Å². The summed E-state index contributed by atoms with van der Waals surface area (Å²) in [5, 5.41) is 0. The lowest BCUT2D eigenvalue weighted by Gasteiger charge is -2.33. The maximum atomic E-state index is 13.8. The first-order valence-corrected chi connectivity index (χ1v) is 9.09. The molecule has 1 aliphatic rings. The smallest absolute Gasteiger partial charge is 0.324 e. The molecule has 0 saturated carbocycles. The van der Waals surface area contributed by atoms with Gasteiger partial charge in [0.15, 0.2) is 0 Å². The number of anilines is 1. The number of halogens is 1. The molecule has 0 N–H and O–H groups in total. The third-order valence-corrected chi connectivity index (χ3v) is 4.82. The molecule has 8 nitrogen and oxygen atoms in total. The lowest BCUT2D eigenvalue weighted by molar-refractivity contribution is -0.135. The maximum absolute atomic E-state index is 13.8. The van der Waals surface area contributed by atoms with Crippen molar-refractivity contribution in [2.24, 2.45) is 5.92 Å². The molecule has 1 saturated heterocycles. The van der Waals surface area contributed by atoms with Gasteiger partial charge in [-0.3, -0.25) is 4.79 Å². The van der Waals surface area contributed by atoms with Gasteiger partial charge >= 0.3 is 12.0 Å². The number of nitrogens with zero attached hydrogens (tertiary/aromatic N) is 5. The average Bonchev–Trinajstić information content (AvgIpc) is 2.74. The van der Waals surface area contributed by atoms with Crippen molar-refractivity contribution in [2.75, 3.05) is 39.3 Å². The second-order valence-corrected chi connectivity index (χ2v) is 6.66. The van der Waals surface area contributed by atoms with Crippen molar-refractivity contribution in [3.8, 4) is 12.0 Å². The van der Waals surface area contributed by atoms with Crippen molar-refractivity contribution in [3.63, 3.8) is 0 Å². The zero-order chi connectivity index (χ0) is 20.1. The summed E-state index contributed by atoms with van der Waals surface area (Å²) in [5.74, 6) is 0.0800. The average molecular weight is 389 g/mol. The number of hydrogen-bond donors (Lipinski definition) is 0. The quantitative estimate of drug-likeness (QED) is 0.746. The molecular weight excluding hydrogens is 365 g/mol. The summed E-state index contributed by atoms with van der Waals surface area (Å²) in [5.41, 5.74) is 0.514. The summed E-state index contributed by atoms with van der Waals surface area (Å²) in [6.07, 6.45) is 1.33. The number of benzene rings is 1. The number of carbonyl (C=O) groups excluding carboxylic acids is 1. The van der Waals surface area contributed by atoms with Gasteiger partial charge in [0.1, 0.15) is 5.82 Å². The third-order valence-electron chi connectivity index (χ3n) is 4.82.